The fourth-order valence-corrected chi connectivity index (χ4v) is 4.48. The van der Waals surface area contributed by atoms with Crippen LogP contribution >= 0.6 is 0 Å². The Hall–Kier alpha value is -3.55. The highest BCUT2D eigenvalue weighted by molar-refractivity contribution is 6.00. The summed E-state index contributed by atoms with van der Waals surface area (Å²) in [6, 6.07) is 9.12. The van der Waals surface area contributed by atoms with Crippen LogP contribution in [0.25, 0.3) is 16.9 Å². The second kappa shape index (κ2) is 9.84. The summed E-state index contributed by atoms with van der Waals surface area (Å²) in [4.78, 5) is 17.5. The van der Waals surface area contributed by atoms with E-state index in [0.717, 1.165) is 18.4 Å². The molecule has 3 heterocycles. The quantitative estimate of drug-likeness (QED) is 0.396. The molecule has 0 radical (unpaired) electrons. The van der Waals surface area contributed by atoms with E-state index in [2.05, 4.69) is 26.8 Å². The second-order valence-electron chi connectivity index (χ2n) is 10.3. The minimum absolute atomic E-state index is 0.0683. The summed E-state index contributed by atoms with van der Waals surface area (Å²) >= 11 is 0. The number of hydrogen-bond acceptors (Lipinski definition) is 7. The van der Waals surface area contributed by atoms with Gasteiger partial charge in [0.1, 0.15) is 12.2 Å². The van der Waals surface area contributed by atoms with E-state index in [1.807, 2.05) is 12.1 Å². The number of hydrogen-bond donors (Lipinski definition) is 4. The van der Waals surface area contributed by atoms with Gasteiger partial charge in [0.05, 0.1) is 57.7 Å². The van der Waals surface area contributed by atoms with E-state index in [1.54, 1.807) is 23.6 Å². The molecule has 1 amide bonds. The van der Waals surface area contributed by atoms with Gasteiger partial charge in [-0.2, -0.15) is 10.4 Å². The zero-order valence-electron chi connectivity index (χ0n) is 20.6. The molecule has 0 aliphatic heterocycles. The number of alkyl halides is 1. The summed E-state index contributed by atoms with van der Waals surface area (Å²) in [5.74, 6) is -0.525. The first-order chi connectivity index (χ1) is 17.0. The summed E-state index contributed by atoms with van der Waals surface area (Å²) in [5, 5.41) is 39.8. The van der Waals surface area contributed by atoms with Gasteiger partial charge in [-0.3, -0.25) is 9.78 Å². The highest BCUT2D eigenvalue weighted by atomic mass is 19.1. The average Bonchev–Trinajstić information content (AvgIpc) is 3.24. The highest BCUT2D eigenvalue weighted by Gasteiger charge is 2.31. The number of nitriles is 1. The Labute approximate surface area is 209 Å². The Morgan fingerprint density at radius 3 is 2.86 bits per heavy atom. The minimum atomic E-state index is -1.64. The van der Waals surface area contributed by atoms with Crippen molar-refractivity contribution < 1.29 is 19.4 Å². The smallest absolute Gasteiger partial charge is 0.255 e. The van der Waals surface area contributed by atoms with Crippen LogP contribution in [-0.4, -0.2) is 60.7 Å². The first-order valence-electron chi connectivity index (χ1n) is 12.0. The van der Waals surface area contributed by atoms with Gasteiger partial charge in [-0.05, 0) is 70.7 Å². The molecule has 0 spiro atoms. The Balaban J connectivity index is 1.67. The number of rotatable bonds is 7. The molecular weight excluding hydrogens is 463 g/mol. The number of pyridine rings is 1. The number of aromatic nitrogens is 3. The number of fused-ring (bicyclic) bond motifs is 1. The van der Waals surface area contributed by atoms with Gasteiger partial charge in [0.25, 0.3) is 5.91 Å². The predicted molar refractivity (Wildman–Crippen MR) is 133 cm³/mol. The van der Waals surface area contributed by atoms with E-state index < -0.39 is 23.3 Å². The number of nitrogens with zero attached hydrogens (tertiary/aromatic N) is 4. The molecule has 1 aliphatic rings. The number of aliphatic hydroxyl groups is 2. The van der Waals surface area contributed by atoms with Crippen molar-refractivity contribution in [3.05, 3.63) is 47.8 Å². The van der Waals surface area contributed by atoms with E-state index in [9.17, 15) is 19.4 Å². The van der Waals surface area contributed by atoms with Crippen molar-refractivity contribution in [1.29, 1.82) is 5.26 Å². The van der Waals surface area contributed by atoms with E-state index in [4.69, 9.17) is 5.26 Å². The van der Waals surface area contributed by atoms with Crippen LogP contribution in [0.2, 0.25) is 0 Å². The minimum Gasteiger partial charge on any atom is -0.390 e. The van der Waals surface area contributed by atoms with Crippen LogP contribution in [0.5, 0.6) is 0 Å². The molecule has 190 valence electrons. The predicted octanol–water partition coefficient (Wildman–Crippen LogP) is 3.21. The van der Waals surface area contributed by atoms with Crippen molar-refractivity contribution in [3.63, 3.8) is 0 Å². The van der Waals surface area contributed by atoms with Crippen LogP contribution in [0.15, 0.2) is 36.7 Å². The van der Waals surface area contributed by atoms with Crippen LogP contribution in [0.4, 0.5) is 10.1 Å². The molecule has 0 bridgehead atoms. The van der Waals surface area contributed by atoms with Gasteiger partial charge in [-0.15, -0.1) is 0 Å². The lowest BCUT2D eigenvalue weighted by atomic mass is 9.83. The lowest BCUT2D eigenvalue weighted by Crippen LogP contribution is -2.42. The maximum atomic E-state index is 14.2. The summed E-state index contributed by atoms with van der Waals surface area (Å²) in [7, 11) is 0. The molecule has 3 unspecified atom stereocenters. The summed E-state index contributed by atoms with van der Waals surface area (Å²) in [5.41, 5.74) is 0.734. The fourth-order valence-electron chi connectivity index (χ4n) is 4.48. The summed E-state index contributed by atoms with van der Waals surface area (Å²) < 4.78 is 15.9. The monoisotopic (exact) mass is 494 g/mol. The topological polar surface area (TPSA) is 136 Å². The molecule has 3 aromatic rings. The third kappa shape index (κ3) is 5.64. The molecule has 1 saturated carbocycles. The van der Waals surface area contributed by atoms with Gasteiger partial charge in [0, 0.05) is 12.2 Å². The largest absolute Gasteiger partial charge is 0.390 e. The van der Waals surface area contributed by atoms with Gasteiger partial charge < -0.3 is 20.8 Å². The van der Waals surface area contributed by atoms with E-state index >= 15 is 0 Å². The number of halogens is 1. The maximum Gasteiger partial charge on any atom is 0.255 e. The van der Waals surface area contributed by atoms with Crippen molar-refractivity contribution in [1.82, 2.24) is 19.9 Å². The zero-order valence-corrected chi connectivity index (χ0v) is 20.6. The van der Waals surface area contributed by atoms with E-state index in [-0.39, 0.29) is 18.2 Å². The molecule has 3 atom stereocenters. The van der Waals surface area contributed by atoms with Gasteiger partial charge in [-0.1, -0.05) is 0 Å². The Kier molecular flexibility index (Phi) is 6.98. The van der Waals surface area contributed by atoms with Crippen LogP contribution in [-0.2, 0) is 0 Å². The maximum absolute atomic E-state index is 14.2. The van der Waals surface area contributed by atoms with Crippen molar-refractivity contribution in [2.24, 2.45) is 0 Å². The first-order valence-corrected chi connectivity index (χ1v) is 12.0. The molecule has 36 heavy (non-hydrogen) atoms. The molecule has 4 rings (SSSR count). The lowest BCUT2D eigenvalue weighted by molar-refractivity contribution is -0.00178. The number of carbonyl (C=O) groups excluding carboxylic acids is 1. The van der Waals surface area contributed by atoms with Crippen LogP contribution in [0.1, 0.15) is 62.4 Å². The number of amides is 1. The SMILES string of the molecule is CC1(O)CCCC(Nc2cc(-c3ccc4cc(C#N)cnn34)ncc2C(=O)NCC(F)C(C)(C)O)C1. The number of carbonyl (C=O) groups is 1. The molecule has 0 saturated heterocycles. The molecule has 1 fully saturated rings. The second-order valence-corrected chi connectivity index (χ2v) is 10.3. The molecule has 1 aliphatic carbocycles. The van der Waals surface area contributed by atoms with E-state index in [0.29, 0.717) is 35.5 Å². The standard InChI is InChI=1S/C26H31FN6O3/c1-25(2,35)23(27)15-30-24(34)19-14-29-21(10-20(19)32-17-5-4-8-26(3,36)11-17)22-7-6-18-9-16(12-28)13-31-33(18)22/h6-7,9-10,13-14,17,23,35-36H,4-5,8,11,15H2,1-3H3,(H,29,32)(H,30,34). The van der Waals surface area contributed by atoms with Gasteiger partial charge in [-0.25, -0.2) is 8.91 Å². The van der Waals surface area contributed by atoms with Crippen molar-refractivity contribution >= 4 is 17.1 Å². The molecule has 0 aromatic carbocycles. The first kappa shape index (κ1) is 25.5. The summed E-state index contributed by atoms with van der Waals surface area (Å²) in [6.07, 6.45) is 4.15. The number of anilines is 1. The van der Waals surface area contributed by atoms with Gasteiger partial charge in [0.2, 0.25) is 0 Å². The van der Waals surface area contributed by atoms with Crippen molar-refractivity contribution in [2.75, 3.05) is 11.9 Å². The Morgan fingerprint density at radius 2 is 2.17 bits per heavy atom. The van der Waals surface area contributed by atoms with Gasteiger partial charge in [0.15, 0.2) is 0 Å². The van der Waals surface area contributed by atoms with Crippen LogP contribution < -0.4 is 10.6 Å². The third-order valence-corrected chi connectivity index (χ3v) is 6.56. The van der Waals surface area contributed by atoms with Crippen LogP contribution in [0.3, 0.4) is 0 Å². The fraction of sp³-hybridized carbons (Fsp3) is 0.462. The zero-order chi connectivity index (χ0) is 26.1. The Morgan fingerprint density at radius 1 is 1.39 bits per heavy atom. The van der Waals surface area contributed by atoms with Crippen molar-refractivity contribution in [3.8, 4) is 17.5 Å². The number of nitrogens with one attached hydrogen (secondary N) is 2. The molecular formula is C26H31FN6O3. The molecule has 4 N–H and O–H groups in total. The normalized spacial score (nSPS) is 21.1. The average molecular weight is 495 g/mol. The van der Waals surface area contributed by atoms with E-state index in [1.165, 1.54) is 26.2 Å². The van der Waals surface area contributed by atoms with Gasteiger partial charge >= 0.3 is 0 Å². The van der Waals surface area contributed by atoms with Crippen molar-refractivity contribution in [2.45, 2.75) is 69.9 Å². The lowest BCUT2D eigenvalue weighted by Gasteiger charge is -2.35. The molecule has 10 heteroatoms. The summed E-state index contributed by atoms with van der Waals surface area (Å²) in [6.45, 7) is 4.14. The third-order valence-electron chi connectivity index (χ3n) is 6.56. The molecule has 3 aromatic heterocycles. The Bertz CT molecular complexity index is 1310. The molecule has 9 nitrogen and oxygen atoms in total. The van der Waals surface area contributed by atoms with Crippen LogP contribution in [0, 0.1) is 11.3 Å². The highest BCUT2D eigenvalue weighted by Crippen LogP contribution is 2.32.